The molecule has 0 saturated heterocycles. The Balaban J connectivity index is 1.95. The van der Waals surface area contributed by atoms with E-state index in [9.17, 15) is 9.59 Å². The fraction of sp³-hybridized carbons (Fsp3) is 0.300. The van der Waals surface area contributed by atoms with E-state index in [2.05, 4.69) is 5.32 Å². The number of hydrogen-bond donors (Lipinski definition) is 1. The molecule has 1 N–H and O–H groups in total. The molecule has 0 aliphatic heterocycles. The van der Waals surface area contributed by atoms with Crippen LogP contribution in [0.1, 0.15) is 34.0 Å². The summed E-state index contributed by atoms with van der Waals surface area (Å²) in [5.74, 6) is 0.0272. The zero-order chi connectivity index (χ0) is 18.4. The number of hydrogen-bond acceptors (Lipinski definition) is 4. The Morgan fingerprint density at radius 2 is 1.72 bits per heavy atom. The highest BCUT2D eigenvalue weighted by Gasteiger charge is 2.11. The quantitative estimate of drug-likeness (QED) is 0.812. The van der Waals surface area contributed by atoms with Crippen molar-refractivity contribution in [1.29, 1.82) is 0 Å². The molecule has 0 aliphatic rings. The SMILES string of the molecule is CCOC(=O)c1ccc(NC(=O)COc2ccc(C)c(C)c2)c(C)c1. The van der Waals surface area contributed by atoms with Crippen LogP contribution in [0, 0.1) is 20.8 Å². The van der Waals surface area contributed by atoms with Gasteiger partial charge in [-0.05, 0) is 74.7 Å². The molecule has 0 unspecified atom stereocenters. The van der Waals surface area contributed by atoms with Crippen molar-refractivity contribution in [2.75, 3.05) is 18.5 Å². The van der Waals surface area contributed by atoms with Crippen molar-refractivity contribution in [3.05, 3.63) is 58.7 Å². The largest absolute Gasteiger partial charge is 0.484 e. The van der Waals surface area contributed by atoms with Gasteiger partial charge in [0.15, 0.2) is 6.61 Å². The first-order chi connectivity index (χ1) is 11.9. The standard InChI is InChI=1S/C20H23NO4/c1-5-24-20(23)16-7-9-18(15(4)10-16)21-19(22)12-25-17-8-6-13(2)14(3)11-17/h6-11H,5,12H2,1-4H3,(H,21,22). The van der Waals surface area contributed by atoms with Crippen molar-refractivity contribution >= 4 is 17.6 Å². The molecule has 0 radical (unpaired) electrons. The number of aryl methyl sites for hydroxylation is 3. The summed E-state index contributed by atoms with van der Waals surface area (Å²) < 4.78 is 10.5. The highest BCUT2D eigenvalue weighted by molar-refractivity contribution is 5.94. The number of esters is 1. The summed E-state index contributed by atoms with van der Waals surface area (Å²) in [5, 5.41) is 2.79. The van der Waals surface area contributed by atoms with Gasteiger partial charge >= 0.3 is 5.97 Å². The van der Waals surface area contributed by atoms with Crippen molar-refractivity contribution < 1.29 is 19.1 Å². The lowest BCUT2D eigenvalue weighted by Gasteiger charge is -2.11. The van der Waals surface area contributed by atoms with E-state index in [-0.39, 0.29) is 18.5 Å². The van der Waals surface area contributed by atoms with Crippen LogP contribution in [0.4, 0.5) is 5.69 Å². The Hall–Kier alpha value is -2.82. The van der Waals surface area contributed by atoms with E-state index in [0.29, 0.717) is 23.6 Å². The summed E-state index contributed by atoms with van der Waals surface area (Å²) in [6, 6.07) is 10.7. The van der Waals surface area contributed by atoms with Crippen molar-refractivity contribution in [2.24, 2.45) is 0 Å². The number of carbonyl (C=O) groups is 2. The normalized spacial score (nSPS) is 10.2. The molecule has 5 heteroatoms. The van der Waals surface area contributed by atoms with Crippen LogP contribution >= 0.6 is 0 Å². The molecule has 0 atom stereocenters. The molecule has 1 amide bonds. The zero-order valence-electron chi connectivity index (χ0n) is 15.0. The van der Waals surface area contributed by atoms with E-state index >= 15 is 0 Å². The van der Waals surface area contributed by atoms with Crippen LogP contribution in [0.2, 0.25) is 0 Å². The van der Waals surface area contributed by atoms with Gasteiger partial charge in [0.05, 0.1) is 12.2 Å². The summed E-state index contributed by atoms with van der Waals surface area (Å²) >= 11 is 0. The molecular weight excluding hydrogens is 318 g/mol. The molecule has 0 fully saturated rings. The smallest absolute Gasteiger partial charge is 0.338 e. The van der Waals surface area contributed by atoms with E-state index in [1.807, 2.05) is 39.0 Å². The highest BCUT2D eigenvalue weighted by atomic mass is 16.5. The number of ether oxygens (including phenoxy) is 2. The maximum absolute atomic E-state index is 12.1. The van der Waals surface area contributed by atoms with Crippen LogP contribution in [0.5, 0.6) is 5.75 Å². The van der Waals surface area contributed by atoms with Gasteiger partial charge in [0.2, 0.25) is 0 Å². The average Bonchev–Trinajstić information content (AvgIpc) is 2.58. The fourth-order valence-corrected chi connectivity index (χ4v) is 2.28. The first-order valence-corrected chi connectivity index (χ1v) is 8.18. The van der Waals surface area contributed by atoms with Crippen LogP contribution in [0.25, 0.3) is 0 Å². The second-order valence-electron chi connectivity index (χ2n) is 5.83. The molecule has 0 bridgehead atoms. The first-order valence-electron chi connectivity index (χ1n) is 8.18. The van der Waals surface area contributed by atoms with E-state index < -0.39 is 0 Å². The molecule has 0 saturated carbocycles. The topological polar surface area (TPSA) is 64.6 Å². The summed E-state index contributed by atoms with van der Waals surface area (Å²) in [6.07, 6.45) is 0. The number of nitrogens with one attached hydrogen (secondary N) is 1. The van der Waals surface area contributed by atoms with Crippen LogP contribution in [-0.2, 0) is 9.53 Å². The van der Waals surface area contributed by atoms with Gasteiger partial charge in [-0.25, -0.2) is 4.79 Å². The summed E-state index contributed by atoms with van der Waals surface area (Å²) in [7, 11) is 0. The first kappa shape index (κ1) is 18.5. The van der Waals surface area contributed by atoms with Crippen molar-refractivity contribution in [3.63, 3.8) is 0 Å². The molecular formula is C20H23NO4. The van der Waals surface area contributed by atoms with Crippen LogP contribution < -0.4 is 10.1 Å². The molecule has 5 nitrogen and oxygen atoms in total. The fourth-order valence-electron chi connectivity index (χ4n) is 2.28. The minimum absolute atomic E-state index is 0.0818. The van der Waals surface area contributed by atoms with Gasteiger partial charge in [0.25, 0.3) is 5.91 Å². The monoisotopic (exact) mass is 341 g/mol. The number of rotatable bonds is 6. The van der Waals surface area contributed by atoms with Gasteiger partial charge in [0, 0.05) is 5.69 Å². The molecule has 2 aromatic carbocycles. The minimum Gasteiger partial charge on any atom is -0.484 e. The van der Waals surface area contributed by atoms with Crippen molar-refractivity contribution in [3.8, 4) is 5.75 Å². The van der Waals surface area contributed by atoms with Gasteiger partial charge in [0.1, 0.15) is 5.75 Å². The lowest BCUT2D eigenvalue weighted by Crippen LogP contribution is -2.20. The average molecular weight is 341 g/mol. The Bertz CT molecular complexity index is 783. The maximum atomic E-state index is 12.1. The third-order valence-electron chi connectivity index (χ3n) is 3.86. The summed E-state index contributed by atoms with van der Waals surface area (Å²) in [4.78, 5) is 23.8. The van der Waals surface area contributed by atoms with Gasteiger partial charge in [-0.2, -0.15) is 0 Å². The Kier molecular flexibility index (Phi) is 6.17. The molecule has 2 rings (SSSR count). The third kappa shape index (κ3) is 5.08. The van der Waals surface area contributed by atoms with E-state index in [4.69, 9.17) is 9.47 Å². The molecule has 0 spiro atoms. The number of anilines is 1. The molecule has 132 valence electrons. The van der Waals surface area contributed by atoms with Crippen LogP contribution in [0.3, 0.4) is 0 Å². The number of benzene rings is 2. The van der Waals surface area contributed by atoms with E-state index in [1.54, 1.807) is 25.1 Å². The second kappa shape index (κ2) is 8.33. The second-order valence-corrected chi connectivity index (χ2v) is 5.83. The Labute approximate surface area is 148 Å². The van der Waals surface area contributed by atoms with Gasteiger partial charge in [-0.15, -0.1) is 0 Å². The molecule has 25 heavy (non-hydrogen) atoms. The molecule has 2 aromatic rings. The van der Waals surface area contributed by atoms with Crippen LogP contribution in [0.15, 0.2) is 36.4 Å². The lowest BCUT2D eigenvalue weighted by molar-refractivity contribution is -0.118. The summed E-state index contributed by atoms with van der Waals surface area (Å²) in [6.45, 7) is 7.84. The lowest BCUT2D eigenvalue weighted by atomic mass is 10.1. The molecule has 0 aliphatic carbocycles. The van der Waals surface area contributed by atoms with Crippen molar-refractivity contribution in [1.82, 2.24) is 0 Å². The molecule has 0 heterocycles. The van der Waals surface area contributed by atoms with Gasteiger partial charge < -0.3 is 14.8 Å². The van der Waals surface area contributed by atoms with Gasteiger partial charge in [-0.3, -0.25) is 4.79 Å². The molecule has 0 aromatic heterocycles. The maximum Gasteiger partial charge on any atom is 0.338 e. The van der Waals surface area contributed by atoms with Gasteiger partial charge in [-0.1, -0.05) is 6.07 Å². The van der Waals surface area contributed by atoms with Crippen LogP contribution in [-0.4, -0.2) is 25.1 Å². The third-order valence-corrected chi connectivity index (χ3v) is 3.86. The Morgan fingerprint density at radius 3 is 2.36 bits per heavy atom. The predicted octanol–water partition coefficient (Wildman–Crippen LogP) is 3.81. The van der Waals surface area contributed by atoms with Crippen molar-refractivity contribution in [2.45, 2.75) is 27.7 Å². The Morgan fingerprint density at radius 1 is 0.960 bits per heavy atom. The van der Waals surface area contributed by atoms with E-state index in [0.717, 1.165) is 11.1 Å². The summed E-state index contributed by atoms with van der Waals surface area (Å²) in [5.41, 5.74) is 4.17. The number of amides is 1. The number of carbonyl (C=O) groups excluding carboxylic acids is 2. The van der Waals surface area contributed by atoms with E-state index in [1.165, 1.54) is 5.56 Å². The zero-order valence-corrected chi connectivity index (χ0v) is 15.0. The minimum atomic E-state index is -0.374. The highest BCUT2D eigenvalue weighted by Crippen LogP contribution is 2.18. The predicted molar refractivity (Wildman–Crippen MR) is 97.2 cm³/mol.